The molecule has 0 radical (unpaired) electrons. The average Bonchev–Trinajstić information content (AvgIpc) is 4.15. The van der Waals surface area contributed by atoms with E-state index in [0.717, 1.165) is 76.5 Å². The monoisotopic (exact) mass is 1040 g/mol. The molecule has 0 bridgehead atoms. The van der Waals surface area contributed by atoms with Crippen molar-refractivity contribution in [2.75, 3.05) is 46.3 Å². The molecule has 0 saturated carbocycles. The van der Waals surface area contributed by atoms with Gasteiger partial charge in [0.25, 0.3) is 0 Å². The van der Waals surface area contributed by atoms with Crippen LogP contribution in [-0.4, -0.2) is 66.9 Å². The third-order valence-electron chi connectivity index (χ3n) is 11.1. The van der Waals surface area contributed by atoms with Crippen molar-refractivity contribution >= 4 is 32.5 Å². The highest BCUT2D eigenvalue weighted by molar-refractivity contribution is 7.18. The predicted molar refractivity (Wildman–Crippen MR) is 322 cm³/mol. The topological polar surface area (TPSA) is 88.3 Å². The Balaban J connectivity index is 0.000000865. The van der Waals surface area contributed by atoms with Gasteiger partial charge in [-0.25, -0.2) is 4.98 Å². The minimum Gasteiger partial charge on any atom is -0.486 e. The van der Waals surface area contributed by atoms with Crippen molar-refractivity contribution in [3.05, 3.63) is 106 Å². The van der Waals surface area contributed by atoms with E-state index in [2.05, 4.69) is 168 Å². The first-order chi connectivity index (χ1) is 34.8. The molecule has 10 heteroatoms. The summed E-state index contributed by atoms with van der Waals surface area (Å²) in [4.78, 5) is 6.96. The van der Waals surface area contributed by atoms with Crippen LogP contribution in [0.2, 0.25) is 0 Å². The largest absolute Gasteiger partial charge is 0.486 e. The second-order valence-electron chi connectivity index (χ2n) is 21.6. The molecule has 5 heterocycles. The van der Waals surface area contributed by atoms with E-state index in [4.69, 9.17) is 28.2 Å². The normalized spacial score (nSPS) is 13.5. The fourth-order valence-corrected chi connectivity index (χ4v) is 7.85. The van der Waals surface area contributed by atoms with Crippen molar-refractivity contribution < 1.29 is 28.2 Å². The summed E-state index contributed by atoms with van der Waals surface area (Å²) in [6, 6.07) is 26.9. The first kappa shape index (κ1) is 69.4. The summed E-state index contributed by atoms with van der Waals surface area (Å²) in [6.07, 6.45) is 0. The van der Waals surface area contributed by atoms with Crippen LogP contribution in [-0.2, 0) is 26.4 Å². The fourth-order valence-electron chi connectivity index (χ4n) is 7.04. The minimum absolute atomic E-state index is 0.0482. The number of ether oxygens (including phenoxy) is 5. The second-order valence-corrected chi connectivity index (χ2v) is 22.9. The highest BCUT2D eigenvalue weighted by Gasteiger charge is 2.24. The lowest BCUT2D eigenvalue weighted by Crippen LogP contribution is -2.47. The predicted octanol–water partition coefficient (Wildman–Crippen LogP) is 18.7. The average molecular weight is 1040 g/mol. The number of rotatable bonds is 0. The maximum Gasteiger partial charge on any atom is 0.231 e. The van der Waals surface area contributed by atoms with Gasteiger partial charge in [-0.15, -0.1) is 11.3 Å². The first-order valence-corrected chi connectivity index (χ1v) is 28.5. The number of aryl methyl sites for hydroxylation is 1. The van der Waals surface area contributed by atoms with Crippen LogP contribution in [0.15, 0.2) is 83.4 Å². The van der Waals surface area contributed by atoms with Gasteiger partial charge in [0.1, 0.15) is 13.2 Å². The Hall–Kier alpha value is -4.64. The molecule has 0 aliphatic carbocycles. The molecule has 4 aromatic carbocycles. The van der Waals surface area contributed by atoms with E-state index in [1.807, 2.05) is 106 Å². The SMILES string of the molecule is CC.CC.CC.CC.CC.CC(C)(C)N1CCOCC1.CC(C)(C)c1ccc2c(c1)OCCO2.CC(C)(C)c1ccc2c(c1)OCO2.CC(C)(C)c1noc2ccccc12.Cc1nc2cc(C(C)(C)C)ccc2s1. The summed E-state index contributed by atoms with van der Waals surface area (Å²) < 4.78 is 33.3. The van der Waals surface area contributed by atoms with Gasteiger partial charge in [0, 0.05) is 29.4 Å². The van der Waals surface area contributed by atoms with E-state index in [1.165, 1.54) is 21.4 Å². The maximum atomic E-state index is 5.53. The van der Waals surface area contributed by atoms with Crippen LogP contribution in [0.1, 0.15) is 200 Å². The van der Waals surface area contributed by atoms with Gasteiger partial charge in [0.05, 0.1) is 34.1 Å². The van der Waals surface area contributed by atoms with Gasteiger partial charge in [-0.1, -0.05) is 188 Å². The van der Waals surface area contributed by atoms with Crippen LogP contribution in [0.25, 0.3) is 21.2 Å². The molecule has 418 valence electrons. The Kier molecular flexibility index (Phi) is 31.3. The molecule has 6 aromatic rings. The van der Waals surface area contributed by atoms with Crippen LogP contribution in [0, 0.1) is 6.92 Å². The lowest BCUT2D eigenvalue weighted by Gasteiger charge is -2.38. The number of morpholine rings is 1. The molecule has 1 fully saturated rings. The summed E-state index contributed by atoms with van der Waals surface area (Å²) in [5, 5.41) is 6.36. The Morgan fingerprint density at radius 2 is 0.905 bits per heavy atom. The highest BCUT2D eigenvalue weighted by Crippen LogP contribution is 2.37. The van der Waals surface area contributed by atoms with Gasteiger partial charge in [-0.3, -0.25) is 4.90 Å². The summed E-state index contributed by atoms with van der Waals surface area (Å²) in [7, 11) is 0. The number of thiazole rings is 1. The number of hydrogen-bond acceptors (Lipinski definition) is 10. The van der Waals surface area contributed by atoms with Crippen molar-refractivity contribution in [3.63, 3.8) is 0 Å². The zero-order valence-corrected chi connectivity index (χ0v) is 52.5. The molecular formula is C64H105N3O6S. The number of fused-ring (bicyclic) bond motifs is 4. The van der Waals surface area contributed by atoms with E-state index in [0.29, 0.717) is 25.5 Å². The van der Waals surface area contributed by atoms with Gasteiger partial charge in [0.15, 0.2) is 28.6 Å². The molecule has 0 N–H and O–H groups in total. The lowest BCUT2D eigenvalue weighted by atomic mass is 9.87. The molecule has 0 amide bonds. The molecular weight excluding hydrogens is 939 g/mol. The van der Waals surface area contributed by atoms with Crippen LogP contribution < -0.4 is 18.9 Å². The molecule has 0 atom stereocenters. The van der Waals surface area contributed by atoms with E-state index in [-0.39, 0.29) is 21.7 Å². The Bertz CT molecular complexity index is 2410. The van der Waals surface area contributed by atoms with Crippen molar-refractivity contribution in [1.29, 1.82) is 0 Å². The molecule has 74 heavy (non-hydrogen) atoms. The molecule has 3 aliphatic rings. The molecule has 9 rings (SSSR count). The van der Waals surface area contributed by atoms with Crippen LogP contribution in [0.5, 0.6) is 23.0 Å². The summed E-state index contributed by atoms with van der Waals surface area (Å²) in [6.45, 7) is 60.7. The van der Waals surface area contributed by atoms with E-state index in [1.54, 1.807) is 11.3 Å². The number of benzene rings is 4. The quantitative estimate of drug-likeness (QED) is 0.148. The molecule has 0 spiro atoms. The lowest BCUT2D eigenvalue weighted by molar-refractivity contribution is -0.00389. The number of para-hydroxylation sites is 1. The molecule has 2 aromatic heterocycles. The third kappa shape index (κ3) is 23.1. The number of nitrogens with zero attached hydrogens (tertiary/aromatic N) is 3. The van der Waals surface area contributed by atoms with E-state index in [9.17, 15) is 0 Å². The second kappa shape index (κ2) is 33.4. The first-order valence-electron chi connectivity index (χ1n) is 27.7. The molecule has 9 nitrogen and oxygen atoms in total. The Morgan fingerprint density at radius 1 is 0.473 bits per heavy atom. The van der Waals surface area contributed by atoms with Crippen molar-refractivity contribution in [3.8, 4) is 23.0 Å². The Labute approximate surface area is 456 Å². The van der Waals surface area contributed by atoms with Crippen molar-refractivity contribution in [1.82, 2.24) is 15.0 Å². The van der Waals surface area contributed by atoms with E-state index >= 15 is 0 Å². The van der Waals surface area contributed by atoms with Gasteiger partial charge in [-0.05, 0) is 109 Å². The zero-order chi connectivity index (χ0) is 57.1. The van der Waals surface area contributed by atoms with Crippen LogP contribution in [0.4, 0.5) is 0 Å². The number of hydrogen-bond donors (Lipinski definition) is 0. The Morgan fingerprint density at radius 3 is 1.38 bits per heavy atom. The van der Waals surface area contributed by atoms with Crippen LogP contribution in [0.3, 0.4) is 0 Å². The highest BCUT2D eigenvalue weighted by atomic mass is 32.1. The van der Waals surface area contributed by atoms with Gasteiger partial charge >= 0.3 is 0 Å². The zero-order valence-electron chi connectivity index (χ0n) is 51.7. The standard InChI is InChI=1S/C12H15NS.C12H16O2.C11H13NO.C11H14O2.C8H17NO.5C2H6/c1-8-13-10-7-9(12(2,3)4)5-6-11(10)14-8;1-12(2,3)9-4-5-10-11(8-9)14-7-6-13-10;1-11(2,3)10-8-6-4-5-7-9(8)13-12-10;1-11(2,3)8-4-5-9-10(6-8)13-7-12-9;1-8(2,3)9-4-6-10-7-5-9;5*1-2/h5-7H,1-4H3;4-5,8H,6-7H2,1-3H3;4-7H,1-3H3;4-6H,7H2,1-3H3;4-7H2,1-3H3;5*1-2H3. The number of aromatic nitrogens is 2. The summed E-state index contributed by atoms with van der Waals surface area (Å²) in [5.74, 6) is 3.47. The molecule has 3 aliphatic heterocycles. The van der Waals surface area contributed by atoms with Crippen LogP contribution >= 0.6 is 11.3 Å². The van der Waals surface area contributed by atoms with Gasteiger partial charge in [-0.2, -0.15) is 0 Å². The van der Waals surface area contributed by atoms with Crippen molar-refractivity contribution in [2.45, 2.75) is 207 Å². The third-order valence-corrected chi connectivity index (χ3v) is 12.0. The molecule has 0 unspecified atom stereocenters. The molecule has 1 saturated heterocycles. The minimum atomic E-state index is 0.0482. The summed E-state index contributed by atoms with van der Waals surface area (Å²) in [5.41, 5.74) is 7.86. The maximum absolute atomic E-state index is 5.53. The summed E-state index contributed by atoms with van der Waals surface area (Å²) >= 11 is 1.76. The van der Waals surface area contributed by atoms with Gasteiger partial charge in [0.2, 0.25) is 6.79 Å². The smallest absolute Gasteiger partial charge is 0.231 e. The fraction of sp³-hybridized carbons (Fsp3) is 0.594. The van der Waals surface area contributed by atoms with Crippen molar-refractivity contribution in [2.24, 2.45) is 0 Å². The van der Waals surface area contributed by atoms with Gasteiger partial charge < -0.3 is 28.2 Å². The van der Waals surface area contributed by atoms with E-state index < -0.39 is 0 Å².